The van der Waals surface area contributed by atoms with E-state index in [2.05, 4.69) is 5.32 Å². The first-order valence-electron chi connectivity index (χ1n) is 6.94. The Labute approximate surface area is 114 Å². The number of rotatable bonds is 7. The summed E-state index contributed by atoms with van der Waals surface area (Å²) >= 11 is 0. The predicted molar refractivity (Wildman–Crippen MR) is 75.7 cm³/mol. The Hall–Kier alpha value is -1.55. The zero-order valence-corrected chi connectivity index (χ0v) is 11.2. The number of amides is 1. The first-order valence-corrected chi connectivity index (χ1v) is 6.94. The Kier molecular flexibility index (Phi) is 4.43. The largest absolute Gasteiger partial charge is 0.399 e. The van der Waals surface area contributed by atoms with Gasteiger partial charge in [-0.2, -0.15) is 0 Å². The fourth-order valence-electron chi connectivity index (χ4n) is 2.36. The van der Waals surface area contributed by atoms with Crippen LogP contribution >= 0.6 is 0 Å². The smallest absolute Gasteiger partial charge is 0.230 e. The van der Waals surface area contributed by atoms with Crippen LogP contribution in [0.1, 0.15) is 37.7 Å². The molecule has 0 heterocycles. The quantitative estimate of drug-likeness (QED) is 0.516. The Morgan fingerprint density at radius 2 is 1.89 bits per heavy atom. The third kappa shape index (κ3) is 3.26. The maximum atomic E-state index is 12.3. The number of nitrogens with two attached hydrogens (primary N) is 1. The normalized spacial score (nSPS) is 16.1. The van der Waals surface area contributed by atoms with Gasteiger partial charge in [-0.25, -0.2) is 0 Å². The molecule has 1 aliphatic rings. The van der Waals surface area contributed by atoms with E-state index in [0.717, 1.165) is 43.4 Å². The van der Waals surface area contributed by atoms with E-state index >= 15 is 0 Å². The van der Waals surface area contributed by atoms with E-state index in [9.17, 15) is 4.79 Å². The van der Waals surface area contributed by atoms with Gasteiger partial charge in [0.05, 0.1) is 5.41 Å². The van der Waals surface area contributed by atoms with Crippen molar-refractivity contribution >= 4 is 11.6 Å². The van der Waals surface area contributed by atoms with Crippen molar-refractivity contribution in [1.29, 1.82) is 0 Å². The lowest BCUT2D eigenvalue weighted by atomic mass is 9.94. The number of unbranched alkanes of at least 4 members (excludes halogenated alkanes) is 2. The van der Waals surface area contributed by atoms with Crippen LogP contribution in [-0.4, -0.2) is 24.2 Å². The lowest BCUT2D eigenvalue weighted by Gasteiger charge is -2.16. The maximum absolute atomic E-state index is 12.3. The number of anilines is 1. The van der Waals surface area contributed by atoms with Crippen LogP contribution in [0, 0.1) is 0 Å². The number of hydrogen-bond acceptors (Lipinski definition) is 3. The molecule has 1 amide bonds. The summed E-state index contributed by atoms with van der Waals surface area (Å²) < 4.78 is 0. The fraction of sp³-hybridized carbons (Fsp3) is 0.533. The third-order valence-electron chi connectivity index (χ3n) is 3.77. The van der Waals surface area contributed by atoms with Gasteiger partial charge >= 0.3 is 0 Å². The predicted octanol–water partition coefficient (Wildman–Crippen LogP) is 1.58. The van der Waals surface area contributed by atoms with Crippen LogP contribution in [-0.2, 0) is 10.2 Å². The molecule has 1 saturated carbocycles. The molecule has 1 aromatic rings. The van der Waals surface area contributed by atoms with Gasteiger partial charge in [-0.05, 0) is 49.8 Å². The average Bonchev–Trinajstić information content (AvgIpc) is 3.21. The van der Waals surface area contributed by atoms with Crippen LogP contribution in [0.5, 0.6) is 0 Å². The van der Waals surface area contributed by atoms with Crippen molar-refractivity contribution in [3.8, 4) is 0 Å². The minimum absolute atomic E-state index is 0.126. The second-order valence-electron chi connectivity index (χ2n) is 5.24. The van der Waals surface area contributed by atoms with Crippen LogP contribution < -0.4 is 11.1 Å². The average molecular weight is 262 g/mol. The Morgan fingerprint density at radius 3 is 2.47 bits per heavy atom. The molecule has 1 fully saturated rings. The zero-order chi connectivity index (χ0) is 13.7. The fourth-order valence-corrected chi connectivity index (χ4v) is 2.36. The second-order valence-corrected chi connectivity index (χ2v) is 5.24. The molecule has 0 spiro atoms. The molecule has 0 atom stereocenters. The van der Waals surface area contributed by atoms with Crippen LogP contribution in [0.2, 0.25) is 0 Å². The van der Waals surface area contributed by atoms with Crippen molar-refractivity contribution < 1.29 is 9.90 Å². The van der Waals surface area contributed by atoms with Gasteiger partial charge in [0, 0.05) is 18.8 Å². The van der Waals surface area contributed by atoms with Gasteiger partial charge in [0.25, 0.3) is 0 Å². The van der Waals surface area contributed by atoms with Crippen molar-refractivity contribution in [2.45, 2.75) is 37.5 Å². The molecule has 0 radical (unpaired) electrons. The van der Waals surface area contributed by atoms with Gasteiger partial charge < -0.3 is 16.2 Å². The number of benzene rings is 1. The summed E-state index contributed by atoms with van der Waals surface area (Å²) in [5, 5.41) is 11.7. The summed E-state index contributed by atoms with van der Waals surface area (Å²) in [6.07, 6.45) is 4.51. The number of aliphatic hydroxyl groups is 1. The molecule has 104 valence electrons. The summed E-state index contributed by atoms with van der Waals surface area (Å²) in [6.45, 7) is 0.916. The summed E-state index contributed by atoms with van der Waals surface area (Å²) in [7, 11) is 0. The molecule has 2 rings (SSSR count). The standard InChI is InChI=1S/C15H22N2O2/c16-13-6-4-12(5-7-13)15(8-9-15)14(19)17-10-2-1-3-11-18/h4-7,18H,1-3,8-11,16H2,(H,17,19). The molecule has 1 aliphatic carbocycles. The summed E-state index contributed by atoms with van der Waals surface area (Å²) in [6, 6.07) is 7.61. The summed E-state index contributed by atoms with van der Waals surface area (Å²) in [4.78, 5) is 12.3. The molecule has 0 unspecified atom stereocenters. The second kappa shape index (κ2) is 6.06. The van der Waals surface area contributed by atoms with Crippen LogP contribution in [0.3, 0.4) is 0 Å². The Bertz CT molecular complexity index is 424. The topological polar surface area (TPSA) is 75.4 Å². The van der Waals surface area contributed by atoms with Crippen molar-refractivity contribution in [2.24, 2.45) is 0 Å². The summed E-state index contributed by atoms with van der Waals surface area (Å²) in [5.41, 5.74) is 7.15. The molecular formula is C15H22N2O2. The lowest BCUT2D eigenvalue weighted by Crippen LogP contribution is -2.35. The molecule has 19 heavy (non-hydrogen) atoms. The van der Waals surface area contributed by atoms with Gasteiger partial charge in [0.1, 0.15) is 0 Å². The van der Waals surface area contributed by atoms with E-state index in [-0.39, 0.29) is 17.9 Å². The van der Waals surface area contributed by atoms with Gasteiger partial charge in [0.2, 0.25) is 5.91 Å². The molecule has 4 heteroatoms. The van der Waals surface area contributed by atoms with Gasteiger partial charge in [-0.1, -0.05) is 12.1 Å². The van der Waals surface area contributed by atoms with Gasteiger partial charge in [-0.3, -0.25) is 4.79 Å². The number of aliphatic hydroxyl groups excluding tert-OH is 1. The number of carbonyl (C=O) groups is 1. The van der Waals surface area contributed by atoms with Gasteiger partial charge in [-0.15, -0.1) is 0 Å². The highest BCUT2D eigenvalue weighted by Crippen LogP contribution is 2.48. The monoisotopic (exact) mass is 262 g/mol. The molecule has 1 aromatic carbocycles. The van der Waals surface area contributed by atoms with E-state index in [0.29, 0.717) is 6.54 Å². The molecule has 0 saturated heterocycles. The van der Waals surface area contributed by atoms with E-state index in [1.165, 1.54) is 0 Å². The van der Waals surface area contributed by atoms with Crippen molar-refractivity contribution in [3.05, 3.63) is 29.8 Å². The minimum Gasteiger partial charge on any atom is -0.399 e. The zero-order valence-electron chi connectivity index (χ0n) is 11.2. The number of nitrogens with one attached hydrogen (secondary N) is 1. The highest BCUT2D eigenvalue weighted by Gasteiger charge is 2.50. The molecule has 4 nitrogen and oxygen atoms in total. The third-order valence-corrected chi connectivity index (χ3v) is 3.77. The lowest BCUT2D eigenvalue weighted by molar-refractivity contribution is -0.123. The van der Waals surface area contributed by atoms with Crippen molar-refractivity contribution in [1.82, 2.24) is 5.32 Å². The van der Waals surface area contributed by atoms with Crippen LogP contribution in [0.15, 0.2) is 24.3 Å². The van der Waals surface area contributed by atoms with Crippen molar-refractivity contribution in [3.63, 3.8) is 0 Å². The molecular weight excluding hydrogens is 240 g/mol. The Balaban J connectivity index is 1.86. The van der Waals surface area contributed by atoms with E-state index in [4.69, 9.17) is 10.8 Å². The minimum atomic E-state index is -0.315. The van der Waals surface area contributed by atoms with E-state index in [1.807, 2.05) is 24.3 Å². The molecule has 4 N–H and O–H groups in total. The van der Waals surface area contributed by atoms with Gasteiger partial charge in [0.15, 0.2) is 0 Å². The number of carbonyl (C=O) groups excluding carboxylic acids is 1. The highest BCUT2D eigenvalue weighted by molar-refractivity contribution is 5.91. The molecule has 0 aliphatic heterocycles. The first-order chi connectivity index (χ1) is 9.19. The molecule has 0 bridgehead atoms. The van der Waals surface area contributed by atoms with Crippen molar-refractivity contribution in [2.75, 3.05) is 18.9 Å². The van der Waals surface area contributed by atoms with E-state index < -0.39 is 0 Å². The number of nitrogen functional groups attached to an aromatic ring is 1. The van der Waals surface area contributed by atoms with Crippen LogP contribution in [0.4, 0.5) is 5.69 Å². The highest BCUT2D eigenvalue weighted by atomic mass is 16.2. The SMILES string of the molecule is Nc1ccc(C2(C(=O)NCCCCCO)CC2)cc1. The first kappa shape index (κ1) is 13.9. The molecule has 0 aromatic heterocycles. The number of hydrogen-bond donors (Lipinski definition) is 3. The van der Waals surface area contributed by atoms with E-state index in [1.54, 1.807) is 0 Å². The van der Waals surface area contributed by atoms with Crippen LogP contribution in [0.25, 0.3) is 0 Å². The Morgan fingerprint density at radius 1 is 1.21 bits per heavy atom. The summed E-state index contributed by atoms with van der Waals surface area (Å²) in [5.74, 6) is 0.126. The maximum Gasteiger partial charge on any atom is 0.230 e.